The number of hydrogen-bond acceptors (Lipinski definition) is 5. The summed E-state index contributed by atoms with van der Waals surface area (Å²) in [5.41, 5.74) is 2.02. The van der Waals surface area contributed by atoms with Crippen molar-refractivity contribution in [2.24, 2.45) is 5.92 Å². The Morgan fingerprint density at radius 3 is 2.59 bits per heavy atom. The normalized spacial score (nSPS) is 12.5. The van der Waals surface area contributed by atoms with E-state index in [2.05, 4.69) is 10.2 Å². The highest BCUT2D eigenvalue weighted by molar-refractivity contribution is 8.00. The second-order valence-electron chi connectivity index (χ2n) is 5.76. The second kappa shape index (κ2) is 6.96. The number of benzene rings is 1. The van der Waals surface area contributed by atoms with E-state index in [0.717, 1.165) is 11.1 Å². The van der Waals surface area contributed by atoms with Gasteiger partial charge in [0.15, 0.2) is 0 Å². The van der Waals surface area contributed by atoms with E-state index in [9.17, 15) is 4.79 Å². The molecule has 0 bridgehead atoms. The van der Waals surface area contributed by atoms with E-state index in [0.29, 0.717) is 11.1 Å². The molecule has 0 fully saturated rings. The highest BCUT2D eigenvalue weighted by Gasteiger charge is 2.27. The maximum Gasteiger partial charge on any atom is 0.277 e. The molecular formula is C16H21N3O2S. The number of aromatic nitrogens is 2. The van der Waals surface area contributed by atoms with Gasteiger partial charge in [-0.05, 0) is 25.0 Å². The summed E-state index contributed by atoms with van der Waals surface area (Å²) in [6.07, 6.45) is 0. The smallest absolute Gasteiger partial charge is 0.277 e. The molecule has 22 heavy (non-hydrogen) atoms. The molecule has 1 atom stereocenters. The molecule has 0 aliphatic carbocycles. The topological polar surface area (TPSA) is 59.2 Å². The zero-order valence-corrected chi connectivity index (χ0v) is 14.3. The summed E-state index contributed by atoms with van der Waals surface area (Å²) < 4.78 is 5.71. The van der Waals surface area contributed by atoms with E-state index in [1.54, 1.807) is 19.0 Å². The molecule has 0 saturated heterocycles. The zero-order chi connectivity index (χ0) is 16.3. The minimum absolute atomic E-state index is 0.0512. The Labute approximate surface area is 135 Å². The molecule has 0 unspecified atom stereocenters. The number of carbonyl (C=O) groups is 1. The van der Waals surface area contributed by atoms with Crippen LogP contribution >= 0.6 is 11.8 Å². The molecular weight excluding hydrogens is 298 g/mol. The lowest BCUT2D eigenvalue weighted by Crippen LogP contribution is -2.34. The molecule has 1 heterocycles. The average Bonchev–Trinajstić information content (AvgIpc) is 2.92. The predicted molar refractivity (Wildman–Crippen MR) is 87.6 cm³/mol. The van der Waals surface area contributed by atoms with Crippen LogP contribution in [0.4, 0.5) is 0 Å². The summed E-state index contributed by atoms with van der Waals surface area (Å²) in [6, 6.07) is 7.89. The van der Waals surface area contributed by atoms with Crippen molar-refractivity contribution < 1.29 is 9.21 Å². The van der Waals surface area contributed by atoms with Gasteiger partial charge in [-0.25, -0.2) is 0 Å². The molecule has 118 valence electrons. The largest absolute Gasteiger partial charge is 0.411 e. The van der Waals surface area contributed by atoms with Crippen LogP contribution < -0.4 is 0 Å². The van der Waals surface area contributed by atoms with Gasteiger partial charge in [-0.3, -0.25) is 4.79 Å². The number of thioether (sulfide) groups is 1. The lowest BCUT2D eigenvalue weighted by atomic mass is 10.1. The van der Waals surface area contributed by atoms with Crippen molar-refractivity contribution in [2.75, 3.05) is 14.1 Å². The van der Waals surface area contributed by atoms with E-state index < -0.39 is 0 Å². The summed E-state index contributed by atoms with van der Waals surface area (Å²) in [5.74, 6) is 0.704. The number of nitrogens with zero attached hydrogens (tertiary/aromatic N) is 3. The van der Waals surface area contributed by atoms with Crippen molar-refractivity contribution in [3.63, 3.8) is 0 Å². The van der Waals surface area contributed by atoms with E-state index in [1.165, 1.54) is 11.8 Å². The Bertz CT molecular complexity index is 652. The fourth-order valence-electron chi connectivity index (χ4n) is 1.99. The Morgan fingerprint density at radius 1 is 1.27 bits per heavy atom. The van der Waals surface area contributed by atoms with Gasteiger partial charge in [-0.15, -0.1) is 10.2 Å². The summed E-state index contributed by atoms with van der Waals surface area (Å²) >= 11 is 1.32. The molecule has 6 heteroatoms. The van der Waals surface area contributed by atoms with E-state index >= 15 is 0 Å². The molecule has 2 rings (SSSR count). The molecule has 0 N–H and O–H groups in total. The number of amides is 1. The Hall–Kier alpha value is -1.82. The first kappa shape index (κ1) is 16.5. The molecule has 0 aliphatic heterocycles. The predicted octanol–water partition coefficient (Wildman–Crippen LogP) is 3.25. The molecule has 1 amide bonds. The van der Waals surface area contributed by atoms with Crippen molar-refractivity contribution in [2.45, 2.75) is 31.2 Å². The first-order valence-electron chi connectivity index (χ1n) is 7.17. The van der Waals surface area contributed by atoms with Crippen molar-refractivity contribution >= 4 is 17.7 Å². The molecule has 5 nitrogen and oxygen atoms in total. The standard InChI is InChI=1S/C16H21N3O2S/c1-10(2)13(15(20)19(4)5)22-16-18-17-14(21-16)12-8-6-7-11(3)9-12/h6-10,13H,1-5H3/t13-/m1/s1. The van der Waals surface area contributed by atoms with Gasteiger partial charge in [0.1, 0.15) is 0 Å². The Kier molecular flexibility index (Phi) is 5.24. The van der Waals surface area contributed by atoms with Crippen molar-refractivity contribution in [3.8, 4) is 11.5 Å². The third-order valence-corrected chi connectivity index (χ3v) is 4.56. The van der Waals surface area contributed by atoms with Gasteiger partial charge in [0.05, 0.1) is 5.25 Å². The summed E-state index contributed by atoms with van der Waals surface area (Å²) in [5, 5.41) is 8.33. The average molecular weight is 319 g/mol. The van der Waals surface area contributed by atoms with Crippen molar-refractivity contribution in [3.05, 3.63) is 29.8 Å². The fourth-order valence-corrected chi connectivity index (χ4v) is 3.00. The Balaban J connectivity index is 2.19. The molecule has 0 radical (unpaired) electrons. The highest BCUT2D eigenvalue weighted by Crippen LogP contribution is 2.30. The Morgan fingerprint density at radius 2 is 2.00 bits per heavy atom. The van der Waals surface area contributed by atoms with Gasteiger partial charge >= 0.3 is 0 Å². The van der Waals surface area contributed by atoms with Crippen LogP contribution in [-0.4, -0.2) is 40.3 Å². The first-order valence-corrected chi connectivity index (χ1v) is 8.05. The van der Waals surface area contributed by atoms with E-state index in [-0.39, 0.29) is 17.1 Å². The van der Waals surface area contributed by atoms with Crippen LogP contribution in [0.25, 0.3) is 11.5 Å². The summed E-state index contributed by atoms with van der Waals surface area (Å²) in [7, 11) is 3.51. The zero-order valence-electron chi connectivity index (χ0n) is 13.5. The third-order valence-electron chi connectivity index (χ3n) is 3.19. The van der Waals surface area contributed by atoms with Gasteiger partial charge in [-0.1, -0.05) is 43.3 Å². The summed E-state index contributed by atoms with van der Waals surface area (Å²) in [6.45, 7) is 6.04. The third kappa shape index (κ3) is 3.88. The van der Waals surface area contributed by atoms with E-state index in [4.69, 9.17) is 4.42 Å². The van der Waals surface area contributed by atoms with Crippen LogP contribution in [0.15, 0.2) is 33.9 Å². The number of aryl methyl sites for hydroxylation is 1. The van der Waals surface area contributed by atoms with Gasteiger partial charge in [0, 0.05) is 19.7 Å². The van der Waals surface area contributed by atoms with Crippen LogP contribution in [0.2, 0.25) is 0 Å². The fraction of sp³-hybridized carbons (Fsp3) is 0.438. The van der Waals surface area contributed by atoms with Crippen LogP contribution in [0.3, 0.4) is 0 Å². The van der Waals surface area contributed by atoms with Crippen LogP contribution in [-0.2, 0) is 4.79 Å². The maximum atomic E-state index is 12.2. The SMILES string of the molecule is Cc1cccc(-c2nnc(S[C@@H](C(=O)N(C)C)C(C)C)o2)c1. The molecule has 0 aliphatic rings. The maximum absolute atomic E-state index is 12.2. The molecule has 0 spiro atoms. The van der Waals surface area contributed by atoms with Gasteiger partial charge in [0.25, 0.3) is 5.22 Å². The number of hydrogen-bond donors (Lipinski definition) is 0. The van der Waals surface area contributed by atoms with Gasteiger partial charge in [0.2, 0.25) is 11.8 Å². The molecule has 1 aromatic heterocycles. The van der Waals surface area contributed by atoms with Crippen molar-refractivity contribution in [1.29, 1.82) is 0 Å². The molecule has 1 aromatic carbocycles. The quantitative estimate of drug-likeness (QED) is 0.792. The van der Waals surface area contributed by atoms with Crippen LogP contribution in [0, 0.1) is 12.8 Å². The summed E-state index contributed by atoms with van der Waals surface area (Å²) in [4.78, 5) is 13.8. The number of rotatable bonds is 5. The highest BCUT2D eigenvalue weighted by atomic mass is 32.2. The number of carbonyl (C=O) groups excluding carboxylic acids is 1. The monoisotopic (exact) mass is 319 g/mol. The van der Waals surface area contributed by atoms with Gasteiger partial charge in [-0.2, -0.15) is 0 Å². The first-order chi connectivity index (χ1) is 10.4. The molecule has 0 saturated carbocycles. The lowest BCUT2D eigenvalue weighted by Gasteiger charge is -2.21. The van der Waals surface area contributed by atoms with E-state index in [1.807, 2.05) is 45.0 Å². The second-order valence-corrected chi connectivity index (χ2v) is 6.85. The molecule has 2 aromatic rings. The lowest BCUT2D eigenvalue weighted by molar-refractivity contribution is -0.128. The minimum Gasteiger partial charge on any atom is -0.411 e. The van der Waals surface area contributed by atoms with Crippen molar-refractivity contribution in [1.82, 2.24) is 15.1 Å². The van der Waals surface area contributed by atoms with Crippen LogP contribution in [0.1, 0.15) is 19.4 Å². The van der Waals surface area contributed by atoms with Gasteiger partial charge < -0.3 is 9.32 Å². The van der Waals surface area contributed by atoms with Crippen LogP contribution in [0.5, 0.6) is 0 Å². The minimum atomic E-state index is -0.235.